The highest BCUT2D eigenvalue weighted by Gasteiger charge is 2.61. The molecule has 0 aromatic carbocycles. The molecule has 0 bridgehead atoms. The zero-order valence-corrected chi connectivity index (χ0v) is 26.2. The Bertz CT molecular complexity index is 1340. The van der Waals surface area contributed by atoms with Crippen LogP contribution in [0.4, 0.5) is 4.79 Å². The lowest BCUT2D eigenvalue weighted by Gasteiger charge is -2.32. The number of amides is 5. The zero-order valence-electron chi connectivity index (χ0n) is 25.4. The standard InChI is InChI=1S/C28H41N5O10S/c1-6-16-14-28(16,25(38)31-44(40,41)17-9-10-17)30-22(35)19-8-7-13-33(19)23(36)18(29-26(39)43-27(2,3)4)15-32(5)24(37)20-11-12-21(34)42-20/h6,16-20H,1,7-15H2,2-5H3,(H,29,39)(H,30,35)(H,31,38)/t16-,18+,19+,20+,28-/m1/s1. The van der Waals surface area contributed by atoms with Crippen molar-refractivity contribution in [3.8, 4) is 0 Å². The summed E-state index contributed by atoms with van der Waals surface area (Å²) in [7, 11) is -2.46. The zero-order chi connectivity index (χ0) is 32.6. The van der Waals surface area contributed by atoms with Gasteiger partial charge in [0.05, 0.1) is 5.25 Å². The molecule has 2 aliphatic heterocycles. The van der Waals surface area contributed by atoms with E-state index in [1.54, 1.807) is 20.8 Å². The molecule has 4 aliphatic rings. The van der Waals surface area contributed by atoms with Crippen LogP contribution in [0.2, 0.25) is 0 Å². The third kappa shape index (κ3) is 7.50. The smallest absolute Gasteiger partial charge is 0.408 e. The van der Waals surface area contributed by atoms with Crippen LogP contribution in [0, 0.1) is 5.92 Å². The van der Waals surface area contributed by atoms with E-state index in [0.29, 0.717) is 19.3 Å². The number of nitrogens with zero attached hydrogens (tertiary/aromatic N) is 2. The topological polar surface area (TPSA) is 198 Å². The summed E-state index contributed by atoms with van der Waals surface area (Å²) in [5.74, 6) is -3.73. The summed E-state index contributed by atoms with van der Waals surface area (Å²) >= 11 is 0. The van der Waals surface area contributed by atoms with Crippen molar-refractivity contribution in [3.05, 3.63) is 12.7 Å². The molecule has 2 saturated heterocycles. The molecule has 0 spiro atoms. The Hall–Kier alpha value is -3.69. The van der Waals surface area contributed by atoms with Gasteiger partial charge in [0, 0.05) is 38.9 Å². The van der Waals surface area contributed by atoms with Gasteiger partial charge in [-0.15, -0.1) is 6.58 Å². The monoisotopic (exact) mass is 639 g/mol. The number of likely N-dealkylation sites (N-methyl/N-ethyl adjacent to an activating group) is 1. The van der Waals surface area contributed by atoms with Gasteiger partial charge in [-0.2, -0.15) is 0 Å². The Kier molecular flexibility index (Phi) is 9.33. The lowest BCUT2D eigenvalue weighted by molar-refractivity contribution is -0.153. The van der Waals surface area contributed by atoms with E-state index in [1.807, 2.05) is 0 Å². The van der Waals surface area contributed by atoms with Crippen molar-refractivity contribution in [2.75, 3.05) is 20.1 Å². The molecule has 244 valence electrons. The molecule has 0 unspecified atom stereocenters. The second kappa shape index (κ2) is 12.4. The van der Waals surface area contributed by atoms with E-state index in [0.717, 1.165) is 0 Å². The molecule has 2 heterocycles. The Morgan fingerprint density at radius 2 is 1.86 bits per heavy atom. The number of likely N-dealkylation sites (tertiary alicyclic amines) is 1. The third-order valence-electron chi connectivity index (χ3n) is 8.07. The molecule has 0 radical (unpaired) electrons. The highest BCUT2D eigenvalue weighted by Crippen LogP contribution is 2.45. The summed E-state index contributed by atoms with van der Waals surface area (Å²) in [5.41, 5.74) is -2.40. The quantitative estimate of drug-likeness (QED) is 0.199. The van der Waals surface area contributed by atoms with Crippen molar-refractivity contribution < 1.29 is 46.7 Å². The van der Waals surface area contributed by atoms with E-state index in [4.69, 9.17) is 9.47 Å². The fraction of sp³-hybridized carbons (Fsp3) is 0.714. The van der Waals surface area contributed by atoms with E-state index in [2.05, 4.69) is 21.9 Å². The van der Waals surface area contributed by atoms with Crippen molar-refractivity contribution in [1.82, 2.24) is 25.2 Å². The first-order chi connectivity index (χ1) is 20.5. The largest absolute Gasteiger partial charge is 0.452 e. The second-order valence-electron chi connectivity index (χ2n) is 12.8. The molecule has 2 aliphatic carbocycles. The van der Waals surface area contributed by atoms with Crippen molar-refractivity contribution in [2.45, 2.75) is 100 Å². The Labute approximate surface area is 256 Å². The molecule has 0 aromatic heterocycles. The molecule has 16 heteroatoms. The van der Waals surface area contributed by atoms with Gasteiger partial charge >= 0.3 is 12.1 Å². The van der Waals surface area contributed by atoms with E-state index in [1.165, 1.54) is 22.9 Å². The Morgan fingerprint density at radius 1 is 1.18 bits per heavy atom. The highest BCUT2D eigenvalue weighted by molar-refractivity contribution is 7.91. The van der Waals surface area contributed by atoms with Crippen LogP contribution in [-0.4, -0.2) is 109 Å². The number of ether oxygens (including phenoxy) is 2. The number of alkyl carbamates (subject to hydrolysis) is 1. The van der Waals surface area contributed by atoms with Gasteiger partial charge in [-0.25, -0.2) is 13.2 Å². The number of nitrogens with one attached hydrogen (secondary N) is 3. The summed E-state index contributed by atoms with van der Waals surface area (Å²) < 4.78 is 37.3. The maximum atomic E-state index is 13.9. The molecular formula is C28H41N5O10S. The average Bonchev–Trinajstić information content (AvgIpc) is 3.80. The molecule has 4 rings (SSSR count). The summed E-state index contributed by atoms with van der Waals surface area (Å²) in [4.78, 5) is 80.1. The molecule has 0 aromatic rings. The van der Waals surface area contributed by atoms with Crippen LogP contribution in [0.15, 0.2) is 12.7 Å². The van der Waals surface area contributed by atoms with E-state index < -0.39 is 86.2 Å². The van der Waals surface area contributed by atoms with Crippen molar-refractivity contribution in [2.24, 2.45) is 5.92 Å². The normalized spacial score (nSPS) is 27.0. The number of esters is 1. The summed E-state index contributed by atoms with van der Waals surface area (Å²) in [5, 5.41) is 4.55. The van der Waals surface area contributed by atoms with Gasteiger partial charge in [0.2, 0.25) is 21.8 Å². The Morgan fingerprint density at radius 3 is 2.41 bits per heavy atom. The minimum Gasteiger partial charge on any atom is -0.452 e. The van der Waals surface area contributed by atoms with Gasteiger partial charge in [0.25, 0.3) is 11.8 Å². The van der Waals surface area contributed by atoms with Gasteiger partial charge < -0.3 is 29.9 Å². The number of hydrogen-bond donors (Lipinski definition) is 3. The molecule has 2 saturated carbocycles. The minimum atomic E-state index is -3.87. The second-order valence-corrected chi connectivity index (χ2v) is 14.8. The van der Waals surface area contributed by atoms with Gasteiger partial charge in [0.15, 0.2) is 6.10 Å². The molecule has 3 N–H and O–H groups in total. The van der Waals surface area contributed by atoms with Crippen molar-refractivity contribution in [1.29, 1.82) is 0 Å². The van der Waals surface area contributed by atoms with Crippen molar-refractivity contribution in [3.63, 3.8) is 0 Å². The third-order valence-corrected chi connectivity index (χ3v) is 9.89. The van der Waals surface area contributed by atoms with Crippen LogP contribution in [-0.2, 0) is 43.5 Å². The number of carbonyl (C=O) groups excluding carboxylic acids is 6. The summed E-state index contributed by atoms with van der Waals surface area (Å²) in [6.45, 7) is 8.46. The molecule has 4 fully saturated rings. The van der Waals surface area contributed by atoms with Crippen molar-refractivity contribution >= 4 is 45.7 Å². The molecule has 44 heavy (non-hydrogen) atoms. The number of hydrogen-bond acceptors (Lipinski definition) is 10. The van der Waals surface area contributed by atoms with Crippen LogP contribution in [0.1, 0.15) is 65.7 Å². The number of carbonyl (C=O) groups is 6. The fourth-order valence-corrected chi connectivity index (χ4v) is 6.83. The van der Waals surface area contributed by atoms with E-state index >= 15 is 0 Å². The van der Waals surface area contributed by atoms with Crippen LogP contribution < -0.4 is 15.4 Å². The number of rotatable bonds is 11. The molecule has 15 nitrogen and oxygen atoms in total. The first-order valence-corrected chi connectivity index (χ1v) is 16.3. The summed E-state index contributed by atoms with van der Waals surface area (Å²) in [6.07, 6.45) is 1.59. The average molecular weight is 640 g/mol. The van der Waals surface area contributed by atoms with E-state index in [-0.39, 0.29) is 38.8 Å². The minimum absolute atomic E-state index is 0.0894. The predicted molar refractivity (Wildman–Crippen MR) is 154 cm³/mol. The Balaban J connectivity index is 1.49. The number of cyclic esters (lactones) is 1. The van der Waals surface area contributed by atoms with Gasteiger partial charge in [-0.3, -0.25) is 28.7 Å². The maximum absolute atomic E-state index is 13.9. The van der Waals surface area contributed by atoms with Gasteiger partial charge in [0.1, 0.15) is 23.2 Å². The van der Waals surface area contributed by atoms with Crippen LogP contribution >= 0.6 is 0 Å². The maximum Gasteiger partial charge on any atom is 0.408 e. The first-order valence-electron chi connectivity index (χ1n) is 14.7. The van der Waals surface area contributed by atoms with Crippen LogP contribution in [0.5, 0.6) is 0 Å². The highest BCUT2D eigenvalue weighted by atomic mass is 32.2. The van der Waals surface area contributed by atoms with Crippen LogP contribution in [0.3, 0.4) is 0 Å². The molecule has 5 amide bonds. The van der Waals surface area contributed by atoms with Gasteiger partial charge in [-0.05, 0) is 52.9 Å². The predicted octanol–water partition coefficient (Wildman–Crippen LogP) is -0.296. The lowest BCUT2D eigenvalue weighted by Crippen LogP contribution is -2.60. The van der Waals surface area contributed by atoms with Crippen LogP contribution in [0.25, 0.3) is 0 Å². The van der Waals surface area contributed by atoms with E-state index in [9.17, 15) is 37.2 Å². The first kappa shape index (κ1) is 33.2. The SMILES string of the molecule is C=C[C@@H]1C[C@]1(NC(=O)[C@@H]1CCCN1C(=O)[C@H](CN(C)C(=O)[C@@H]1CCC(=O)O1)NC(=O)OC(C)(C)C)C(=O)NS(=O)(=O)C1CC1. The summed E-state index contributed by atoms with van der Waals surface area (Å²) in [6, 6.07) is -2.36. The fourth-order valence-electron chi connectivity index (χ4n) is 5.47. The number of sulfonamides is 1. The molecular weight excluding hydrogens is 598 g/mol. The lowest BCUT2D eigenvalue weighted by atomic mass is 10.1. The molecule has 5 atom stereocenters. The van der Waals surface area contributed by atoms with Gasteiger partial charge in [-0.1, -0.05) is 6.08 Å².